The largest absolute Gasteiger partial charge is 0.323 e. The predicted octanol–water partition coefficient (Wildman–Crippen LogP) is 3.79. The lowest BCUT2D eigenvalue weighted by atomic mass is 10.3. The van der Waals surface area contributed by atoms with Gasteiger partial charge in [0.15, 0.2) is 0 Å². The van der Waals surface area contributed by atoms with E-state index in [0.29, 0.717) is 30.7 Å². The van der Waals surface area contributed by atoms with E-state index in [2.05, 4.69) is 15.3 Å². The van der Waals surface area contributed by atoms with Gasteiger partial charge in [0.1, 0.15) is 6.61 Å². The molecule has 0 fully saturated rings. The summed E-state index contributed by atoms with van der Waals surface area (Å²) in [4.78, 5) is 14.4. The average molecular weight is 376 g/mol. The number of pyridine rings is 1. The second-order valence-corrected chi connectivity index (χ2v) is 4.91. The van der Waals surface area contributed by atoms with E-state index in [1.165, 1.54) is 0 Å². The molecule has 1 aliphatic heterocycles. The van der Waals surface area contributed by atoms with Crippen molar-refractivity contribution >= 4 is 48.1 Å². The lowest BCUT2D eigenvalue weighted by molar-refractivity contribution is -0.104. The highest BCUT2D eigenvalue weighted by molar-refractivity contribution is 6.33. The summed E-state index contributed by atoms with van der Waals surface area (Å²) in [7, 11) is 0. The highest BCUT2D eigenvalue weighted by Gasteiger charge is 2.19. The summed E-state index contributed by atoms with van der Waals surface area (Å²) in [6.07, 6.45) is 1.75. The molecule has 0 saturated carbocycles. The Morgan fingerprint density at radius 1 is 1.13 bits per heavy atom. The number of nitrogens with zero attached hydrogens (tertiary/aromatic N) is 3. The van der Waals surface area contributed by atoms with Crippen LogP contribution in [0, 0.1) is 0 Å². The number of guanidine groups is 1. The van der Waals surface area contributed by atoms with Crippen LogP contribution in [-0.4, -0.2) is 29.1 Å². The number of nitrogens with one attached hydrogen (secondary N) is 1. The fourth-order valence-electron chi connectivity index (χ4n) is 1.97. The highest BCUT2D eigenvalue weighted by Crippen LogP contribution is 2.21. The molecule has 0 atom stereocenters. The molecule has 0 bridgehead atoms. The zero-order valence-corrected chi connectivity index (χ0v) is 14.6. The van der Waals surface area contributed by atoms with Crippen LogP contribution in [-0.2, 0) is 11.4 Å². The van der Waals surface area contributed by atoms with Crippen LogP contribution in [0.2, 0.25) is 5.02 Å². The van der Waals surface area contributed by atoms with Crippen LogP contribution < -0.4 is 5.32 Å². The molecule has 124 valence electrons. The number of aromatic nitrogens is 1. The van der Waals surface area contributed by atoms with E-state index >= 15 is 0 Å². The second-order valence-electron chi connectivity index (χ2n) is 4.51. The van der Waals surface area contributed by atoms with Gasteiger partial charge in [-0.2, -0.15) is 0 Å². The van der Waals surface area contributed by atoms with Gasteiger partial charge in [-0.25, -0.2) is 10.1 Å². The first kappa shape index (κ1) is 19.5. The first-order valence-corrected chi connectivity index (χ1v) is 7.07. The van der Waals surface area contributed by atoms with Gasteiger partial charge in [0.2, 0.25) is 5.96 Å². The molecule has 1 aromatic heterocycles. The quantitative estimate of drug-likeness (QED) is 0.883. The number of hydrogen-bond acceptors (Lipinski definition) is 5. The van der Waals surface area contributed by atoms with Crippen LogP contribution in [0.3, 0.4) is 0 Å². The third kappa shape index (κ3) is 5.25. The van der Waals surface area contributed by atoms with E-state index in [1.54, 1.807) is 11.3 Å². The summed E-state index contributed by atoms with van der Waals surface area (Å²) in [5, 5.41) is 5.58. The molecule has 2 heterocycles. The number of para-hydroxylation sites is 1. The molecule has 23 heavy (non-hydrogen) atoms. The van der Waals surface area contributed by atoms with Gasteiger partial charge in [-0.05, 0) is 24.3 Å². The summed E-state index contributed by atoms with van der Waals surface area (Å²) in [5.74, 6) is 0.666. The normalized spacial score (nSPS) is 12.9. The van der Waals surface area contributed by atoms with Gasteiger partial charge in [-0.1, -0.05) is 29.8 Å². The molecular formula is C15H17Cl3N4O. The van der Waals surface area contributed by atoms with Crippen molar-refractivity contribution in [3.05, 3.63) is 59.4 Å². The molecule has 1 N–H and O–H groups in total. The van der Waals surface area contributed by atoms with Gasteiger partial charge in [-0.15, -0.1) is 24.8 Å². The van der Waals surface area contributed by atoms with Crippen molar-refractivity contribution in [2.45, 2.75) is 6.61 Å². The molecule has 1 aliphatic rings. The Hall–Kier alpha value is -1.53. The fourth-order valence-corrected chi connectivity index (χ4v) is 2.15. The van der Waals surface area contributed by atoms with Crippen LogP contribution in [0.1, 0.15) is 5.69 Å². The molecule has 1 aromatic carbocycles. The molecule has 3 rings (SSSR count). The van der Waals surface area contributed by atoms with Gasteiger partial charge in [0.05, 0.1) is 29.5 Å². The third-order valence-electron chi connectivity index (χ3n) is 3.02. The molecule has 0 saturated heterocycles. The molecule has 5 nitrogen and oxygen atoms in total. The molecule has 0 amide bonds. The number of aliphatic imine (C=N–C) groups is 1. The molecular weight excluding hydrogens is 359 g/mol. The number of hydroxylamine groups is 2. The van der Waals surface area contributed by atoms with Gasteiger partial charge in [0.25, 0.3) is 0 Å². The van der Waals surface area contributed by atoms with Gasteiger partial charge < -0.3 is 5.32 Å². The smallest absolute Gasteiger partial charge is 0.223 e. The predicted molar refractivity (Wildman–Crippen MR) is 97.6 cm³/mol. The minimum absolute atomic E-state index is 0. The molecule has 8 heteroatoms. The van der Waals surface area contributed by atoms with Crippen LogP contribution in [0.4, 0.5) is 5.69 Å². The Bertz CT molecular complexity index is 640. The minimum Gasteiger partial charge on any atom is -0.323 e. The van der Waals surface area contributed by atoms with Crippen molar-refractivity contribution in [2.24, 2.45) is 4.99 Å². The van der Waals surface area contributed by atoms with E-state index in [9.17, 15) is 0 Å². The van der Waals surface area contributed by atoms with Crippen LogP contribution in [0.15, 0.2) is 53.7 Å². The van der Waals surface area contributed by atoms with Crippen LogP contribution in [0.25, 0.3) is 0 Å². The van der Waals surface area contributed by atoms with Gasteiger partial charge >= 0.3 is 0 Å². The van der Waals surface area contributed by atoms with Crippen molar-refractivity contribution in [3.8, 4) is 0 Å². The standard InChI is InChI=1S/C15H15ClN4O.2ClH/c16-13-6-1-2-7-14(13)19-15-18-9-10-20(15)21-11-12-5-3-4-8-17-12;;/h1-8H,9-11H2,(H,18,19);2*1H. The summed E-state index contributed by atoms with van der Waals surface area (Å²) in [5.41, 5.74) is 1.69. The van der Waals surface area contributed by atoms with Crippen LogP contribution in [0.5, 0.6) is 0 Å². The number of hydrogen-bond donors (Lipinski definition) is 1. The Kier molecular flexibility index (Phi) is 8.12. The van der Waals surface area contributed by atoms with Crippen LogP contribution >= 0.6 is 36.4 Å². The van der Waals surface area contributed by atoms with Crippen molar-refractivity contribution in [2.75, 3.05) is 18.4 Å². The Labute approximate surface area is 152 Å². The highest BCUT2D eigenvalue weighted by atomic mass is 35.5. The third-order valence-corrected chi connectivity index (χ3v) is 3.35. The van der Waals surface area contributed by atoms with E-state index in [1.807, 2.05) is 42.5 Å². The molecule has 0 aliphatic carbocycles. The Morgan fingerprint density at radius 2 is 1.91 bits per heavy atom. The zero-order chi connectivity index (χ0) is 14.5. The molecule has 0 radical (unpaired) electrons. The SMILES string of the molecule is Cl.Cl.Clc1ccccc1NC1=NCCN1OCc1ccccn1. The Morgan fingerprint density at radius 3 is 2.65 bits per heavy atom. The van der Waals surface area contributed by atoms with E-state index in [-0.39, 0.29) is 24.8 Å². The molecule has 0 unspecified atom stereocenters. The Balaban J connectivity index is 0.00000132. The lowest BCUT2D eigenvalue weighted by Crippen LogP contribution is -2.33. The maximum absolute atomic E-state index is 6.14. The maximum atomic E-state index is 6.14. The topological polar surface area (TPSA) is 49.8 Å². The van der Waals surface area contributed by atoms with Gasteiger partial charge in [-0.3, -0.25) is 9.82 Å². The van der Waals surface area contributed by atoms with Crippen molar-refractivity contribution < 1.29 is 4.84 Å². The number of rotatable bonds is 4. The first-order valence-electron chi connectivity index (χ1n) is 6.69. The summed E-state index contributed by atoms with van der Waals surface area (Å²) in [6.45, 7) is 1.80. The van der Waals surface area contributed by atoms with Crippen molar-refractivity contribution in [1.29, 1.82) is 0 Å². The van der Waals surface area contributed by atoms with Crippen molar-refractivity contribution in [3.63, 3.8) is 0 Å². The summed E-state index contributed by atoms with van der Waals surface area (Å²) in [6, 6.07) is 13.3. The molecule has 0 spiro atoms. The maximum Gasteiger partial charge on any atom is 0.223 e. The number of anilines is 1. The van der Waals surface area contributed by atoms with Crippen molar-refractivity contribution in [1.82, 2.24) is 10.0 Å². The monoisotopic (exact) mass is 374 g/mol. The zero-order valence-electron chi connectivity index (χ0n) is 12.2. The summed E-state index contributed by atoms with van der Waals surface area (Å²) >= 11 is 6.14. The number of halogens is 3. The second kappa shape index (κ2) is 9.57. The first-order chi connectivity index (χ1) is 10.3. The molecule has 2 aromatic rings. The summed E-state index contributed by atoms with van der Waals surface area (Å²) < 4.78 is 0. The minimum atomic E-state index is 0. The lowest BCUT2D eigenvalue weighted by Gasteiger charge is -2.20. The van der Waals surface area contributed by atoms with E-state index < -0.39 is 0 Å². The van der Waals surface area contributed by atoms with E-state index in [4.69, 9.17) is 16.4 Å². The van der Waals surface area contributed by atoms with Gasteiger partial charge in [0, 0.05) is 6.20 Å². The van der Waals surface area contributed by atoms with E-state index in [0.717, 1.165) is 11.4 Å². The fraction of sp³-hybridized carbons (Fsp3) is 0.200. The number of benzene rings is 1. The average Bonchev–Trinajstić information content (AvgIpc) is 2.96.